The van der Waals surface area contributed by atoms with Crippen molar-refractivity contribution in [2.75, 3.05) is 37.7 Å². The molecule has 1 saturated carbocycles. The van der Waals surface area contributed by atoms with Gasteiger partial charge in [-0.3, -0.25) is 9.69 Å². The van der Waals surface area contributed by atoms with E-state index in [1.807, 2.05) is 18.2 Å². The maximum atomic E-state index is 12.8. The number of alkyl halides is 2. The number of carbonyl (C=O) groups excluding carboxylic acids is 1. The number of piperazine rings is 1. The first-order valence-corrected chi connectivity index (χ1v) is 11.0. The average Bonchev–Trinajstić information content (AvgIpc) is 3.59. The van der Waals surface area contributed by atoms with Gasteiger partial charge in [-0.15, -0.1) is 0 Å². The molecule has 1 amide bonds. The van der Waals surface area contributed by atoms with Crippen LogP contribution in [0.25, 0.3) is 0 Å². The van der Waals surface area contributed by atoms with Crippen LogP contribution in [0.3, 0.4) is 0 Å². The van der Waals surface area contributed by atoms with E-state index in [1.54, 1.807) is 18.2 Å². The zero-order valence-electron chi connectivity index (χ0n) is 18.0. The van der Waals surface area contributed by atoms with Crippen LogP contribution in [-0.2, 0) is 11.2 Å². The Morgan fingerprint density at radius 2 is 1.88 bits per heavy atom. The number of hydrogen-bond donors (Lipinski definition) is 1. The highest BCUT2D eigenvalue weighted by Gasteiger charge is 2.29. The molecule has 2 aromatic rings. The quantitative estimate of drug-likeness (QED) is 0.608. The number of ether oxygens (including phenoxy) is 2. The van der Waals surface area contributed by atoms with Crippen LogP contribution in [0, 0.1) is 5.92 Å². The first-order valence-electron chi connectivity index (χ1n) is 11.0. The predicted molar refractivity (Wildman–Crippen MR) is 118 cm³/mol. The lowest BCUT2D eigenvalue weighted by Crippen LogP contribution is -2.56. The molecule has 1 saturated heterocycles. The monoisotopic (exact) mass is 445 g/mol. The zero-order chi connectivity index (χ0) is 22.5. The van der Waals surface area contributed by atoms with Gasteiger partial charge in [-0.05, 0) is 42.9 Å². The van der Waals surface area contributed by atoms with Gasteiger partial charge in [0.25, 0.3) is 0 Å². The lowest BCUT2D eigenvalue weighted by molar-refractivity contribution is -0.119. The smallest absolute Gasteiger partial charge is 0.387 e. The molecule has 4 rings (SSSR count). The average molecular weight is 446 g/mol. The lowest BCUT2D eigenvalue weighted by Gasteiger charge is -2.42. The summed E-state index contributed by atoms with van der Waals surface area (Å²) in [6.07, 6.45) is 2.99. The van der Waals surface area contributed by atoms with Crippen LogP contribution < -0.4 is 20.1 Å². The molecule has 0 radical (unpaired) electrons. The highest BCUT2D eigenvalue weighted by molar-refractivity contribution is 5.76. The Labute approximate surface area is 186 Å². The zero-order valence-corrected chi connectivity index (χ0v) is 18.0. The molecular weight excluding hydrogens is 416 g/mol. The number of halogens is 2. The normalized spacial score (nSPS) is 19.2. The third-order valence-corrected chi connectivity index (χ3v) is 5.96. The van der Waals surface area contributed by atoms with Gasteiger partial charge in [0.2, 0.25) is 5.91 Å². The molecule has 0 bridgehead atoms. The van der Waals surface area contributed by atoms with Crippen molar-refractivity contribution < 1.29 is 23.0 Å². The Balaban J connectivity index is 1.52. The van der Waals surface area contributed by atoms with Gasteiger partial charge >= 0.3 is 6.61 Å². The molecule has 0 aromatic heterocycles. The van der Waals surface area contributed by atoms with E-state index in [9.17, 15) is 13.6 Å². The SMILES string of the molecule is NC(=O)CN1CCN(c2ccc(OC(F)F)c(OCC3CC3)c2)C[C@@H]1Cc1ccccc1. The maximum absolute atomic E-state index is 12.8. The van der Waals surface area contributed by atoms with Gasteiger partial charge in [0, 0.05) is 37.4 Å². The summed E-state index contributed by atoms with van der Waals surface area (Å²) in [5, 5.41) is 0. The van der Waals surface area contributed by atoms with E-state index < -0.39 is 6.61 Å². The summed E-state index contributed by atoms with van der Waals surface area (Å²) in [5.74, 6) is 0.540. The number of nitrogens with zero attached hydrogens (tertiary/aromatic N) is 2. The standard InChI is InChI=1S/C24H29F2N3O3/c25-24(26)32-21-9-8-19(13-22(21)31-16-18-6-7-18)28-10-11-29(15-23(27)30)20(14-28)12-17-4-2-1-3-5-17/h1-5,8-9,13,18,20,24H,6-7,10-12,14-16H2,(H2,27,30)/t20-/m0/s1. The van der Waals surface area contributed by atoms with Crippen molar-refractivity contribution in [3.8, 4) is 11.5 Å². The third-order valence-electron chi connectivity index (χ3n) is 5.96. The second kappa shape index (κ2) is 10.2. The first kappa shape index (κ1) is 22.3. The minimum atomic E-state index is -2.91. The van der Waals surface area contributed by atoms with Crippen molar-refractivity contribution in [3.05, 3.63) is 54.1 Å². The van der Waals surface area contributed by atoms with Gasteiger partial charge in [-0.2, -0.15) is 8.78 Å². The van der Waals surface area contributed by atoms with Gasteiger partial charge < -0.3 is 20.1 Å². The number of nitrogens with two attached hydrogens (primary N) is 1. The first-order chi connectivity index (χ1) is 15.5. The molecule has 1 atom stereocenters. The van der Waals surface area contributed by atoms with E-state index in [0.29, 0.717) is 37.9 Å². The molecule has 2 fully saturated rings. The van der Waals surface area contributed by atoms with Crippen LogP contribution in [0.5, 0.6) is 11.5 Å². The highest BCUT2D eigenvalue weighted by atomic mass is 19.3. The molecule has 2 aromatic carbocycles. The van der Waals surface area contributed by atoms with Crippen LogP contribution in [0.2, 0.25) is 0 Å². The third kappa shape index (κ3) is 6.09. The number of amides is 1. The number of hydrogen-bond acceptors (Lipinski definition) is 5. The molecule has 1 heterocycles. The minimum absolute atomic E-state index is 0.0533. The number of rotatable bonds is 10. The molecule has 172 valence electrons. The van der Waals surface area contributed by atoms with Gasteiger partial charge in [-0.25, -0.2) is 0 Å². The fourth-order valence-electron chi connectivity index (χ4n) is 4.11. The molecule has 32 heavy (non-hydrogen) atoms. The van der Waals surface area contributed by atoms with Crippen LogP contribution in [0.15, 0.2) is 48.5 Å². The number of primary amides is 1. The van der Waals surface area contributed by atoms with Crippen molar-refractivity contribution >= 4 is 11.6 Å². The van der Waals surface area contributed by atoms with Crippen molar-refractivity contribution in [2.45, 2.75) is 31.9 Å². The van der Waals surface area contributed by atoms with Crippen LogP contribution in [0.4, 0.5) is 14.5 Å². The highest BCUT2D eigenvalue weighted by Crippen LogP contribution is 2.36. The van der Waals surface area contributed by atoms with E-state index in [-0.39, 0.29) is 24.2 Å². The lowest BCUT2D eigenvalue weighted by atomic mass is 10.0. The van der Waals surface area contributed by atoms with Gasteiger partial charge in [0.05, 0.1) is 13.2 Å². The van der Waals surface area contributed by atoms with E-state index in [2.05, 4.69) is 26.7 Å². The number of carbonyl (C=O) groups is 1. The molecule has 1 aliphatic carbocycles. The van der Waals surface area contributed by atoms with Crippen molar-refractivity contribution in [1.29, 1.82) is 0 Å². The topological polar surface area (TPSA) is 68.0 Å². The molecule has 8 heteroatoms. The summed E-state index contributed by atoms with van der Waals surface area (Å²) < 4.78 is 36.2. The van der Waals surface area contributed by atoms with Gasteiger partial charge in [0.1, 0.15) is 0 Å². The van der Waals surface area contributed by atoms with E-state index in [1.165, 1.54) is 5.56 Å². The predicted octanol–water partition coefficient (Wildman–Crippen LogP) is 3.30. The molecule has 2 N–H and O–H groups in total. The summed E-state index contributed by atoms with van der Waals surface area (Å²) in [6.45, 7) is -0.145. The number of benzene rings is 2. The fraction of sp³-hybridized carbons (Fsp3) is 0.458. The van der Waals surface area contributed by atoms with Crippen molar-refractivity contribution in [3.63, 3.8) is 0 Å². The molecule has 2 aliphatic rings. The van der Waals surface area contributed by atoms with E-state index in [0.717, 1.165) is 24.9 Å². The second-order valence-electron chi connectivity index (χ2n) is 8.49. The van der Waals surface area contributed by atoms with Gasteiger partial charge in [-0.1, -0.05) is 30.3 Å². The largest absolute Gasteiger partial charge is 0.489 e. The molecular formula is C24H29F2N3O3. The Morgan fingerprint density at radius 3 is 2.56 bits per heavy atom. The summed E-state index contributed by atoms with van der Waals surface area (Å²) in [6, 6.07) is 15.3. The summed E-state index contributed by atoms with van der Waals surface area (Å²) >= 11 is 0. The molecule has 1 aliphatic heterocycles. The second-order valence-corrected chi connectivity index (χ2v) is 8.49. The Morgan fingerprint density at radius 1 is 1.09 bits per heavy atom. The Bertz CT molecular complexity index is 909. The Hall–Kier alpha value is -2.87. The molecule has 6 nitrogen and oxygen atoms in total. The van der Waals surface area contributed by atoms with Crippen LogP contribution in [0.1, 0.15) is 18.4 Å². The summed E-state index contributed by atoms with van der Waals surface area (Å²) in [5.41, 5.74) is 7.54. The fourth-order valence-corrected chi connectivity index (χ4v) is 4.11. The minimum Gasteiger partial charge on any atom is -0.489 e. The van der Waals surface area contributed by atoms with Gasteiger partial charge in [0.15, 0.2) is 11.5 Å². The maximum Gasteiger partial charge on any atom is 0.387 e. The molecule has 0 spiro atoms. The molecule has 0 unspecified atom stereocenters. The van der Waals surface area contributed by atoms with Crippen molar-refractivity contribution in [2.24, 2.45) is 11.7 Å². The van der Waals surface area contributed by atoms with Crippen LogP contribution >= 0.6 is 0 Å². The van der Waals surface area contributed by atoms with Crippen LogP contribution in [-0.4, -0.2) is 56.2 Å². The van der Waals surface area contributed by atoms with E-state index in [4.69, 9.17) is 10.5 Å². The number of anilines is 1. The summed E-state index contributed by atoms with van der Waals surface area (Å²) in [7, 11) is 0. The van der Waals surface area contributed by atoms with E-state index >= 15 is 0 Å². The summed E-state index contributed by atoms with van der Waals surface area (Å²) in [4.78, 5) is 15.9. The Kier molecular flexibility index (Phi) is 7.09. The van der Waals surface area contributed by atoms with Crippen molar-refractivity contribution in [1.82, 2.24) is 4.90 Å².